The maximum Gasteiger partial charge on any atom is 0.241 e. The van der Waals surface area contributed by atoms with Crippen molar-refractivity contribution in [1.82, 2.24) is 5.32 Å². The molecule has 0 saturated carbocycles. The highest BCUT2D eigenvalue weighted by Crippen LogP contribution is 2.32. The second-order valence-corrected chi connectivity index (χ2v) is 5.34. The van der Waals surface area contributed by atoms with Crippen LogP contribution in [0, 0.1) is 5.82 Å². The quantitative estimate of drug-likeness (QED) is 0.912. The van der Waals surface area contributed by atoms with Crippen molar-refractivity contribution in [3.63, 3.8) is 0 Å². The first-order valence-corrected chi connectivity index (χ1v) is 7.12. The Kier molecular flexibility index (Phi) is 3.90. The topological polar surface area (TPSA) is 41.1 Å². The largest absolute Gasteiger partial charge is 0.322 e. The summed E-state index contributed by atoms with van der Waals surface area (Å²) in [6, 6.07) is 11.7. The second kappa shape index (κ2) is 5.84. The summed E-state index contributed by atoms with van der Waals surface area (Å²) >= 11 is 6.11. The Bertz CT molecular complexity index is 686. The maximum atomic E-state index is 14.6. The molecule has 3 nitrogen and oxygen atoms in total. The van der Waals surface area contributed by atoms with Crippen LogP contribution >= 0.6 is 11.6 Å². The van der Waals surface area contributed by atoms with Gasteiger partial charge in [-0.1, -0.05) is 41.9 Å². The van der Waals surface area contributed by atoms with Crippen LogP contribution < -0.4 is 10.6 Å². The van der Waals surface area contributed by atoms with Crippen LogP contribution in [-0.4, -0.2) is 18.5 Å². The van der Waals surface area contributed by atoms with Crippen molar-refractivity contribution in [3.05, 3.63) is 53.3 Å². The van der Waals surface area contributed by atoms with Gasteiger partial charge in [0.05, 0.1) is 11.7 Å². The Hall–Kier alpha value is -1.91. The van der Waals surface area contributed by atoms with Crippen molar-refractivity contribution in [2.45, 2.75) is 12.5 Å². The summed E-state index contributed by atoms with van der Waals surface area (Å²) in [5.74, 6) is -0.685. The second-order valence-electron chi connectivity index (χ2n) is 4.93. The van der Waals surface area contributed by atoms with E-state index in [9.17, 15) is 9.18 Å². The first-order chi connectivity index (χ1) is 10.2. The third-order valence-corrected chi connectivity index (χ3v) is 3.89. The van der Waals surface area contributed by atoms with Gasteiger partial charge in [-0.05, 0) is 25.1 Å². The van der Waals surface area contributed by atoms with Crippen molar-refractivity contribution in [3.8, 4) is 11.1 Å². The first-order valence-electron chi connectivity index (χ1n) is 6.74. The van der Waals surface area contributed by atoms with Gasteiger partial charge in [0.15, 0.2) is 5.82 Å². The van der Waals surface area contributed by atoms with E-state index in [1.807, 2.05) is 0 Å². The number of halogens is 2. The Morgan fingerprint density at radius 3 is 2.57 bits per heavy atom. The smallest absolute Gasteiger partial charge is 0.241 e. The van der Waals surface area contributed by atoms with E-state index in [4.69, 9.17) is 11.6 Å². The molecule has 0 bridgehead atoms. The third-order valence-electron chi connectivity index (χ3n) is 3.56. The fraction of sp³-hybridized carbons (Fsp3) is 0.188. The molecule has 2 N–H and O–H groups in total. The molecule has 5 heteroatoms. The molecule has 0 aromatic heterocycles. The Morgan fingerprint density at radius 2 is 1.90 bits per heavy atom. The fourth-order valence-electron chi connectivity index (χ4n) is 2.25. The Labute approximate surface area is 127 Å². The summed E-state index contributed by atoms with van der Waals surface area (Å²) in [5.41, 5.74) is 1.15. The molecule has 108 valence electrons. The van der Waals surface area contributed by atoms with E-state index in [-0.39, 0.29) is 17.6 Å². The number of benzene rings is 2. The lowest BCUT2D eigenvalue weighted by Crippen LogP contribution is -2.50. The van der Waals surface area contributed by atoms with E-state index in [2.05, 4.69) is 10.6 Å². The predicted octanol–water partition coefficient (Wildman–Crippen LogP) is 3.45. The summed E-state index contributed by atoms with van der Waals surface area (Å²) in [4.78, 5) is 11.9. The molecule has 0 unspecified atom stereocenters. The van der Waals surface area contributed by atoms with Crippen LogP contribution in [0.4, 0.5) is 10.1 Å². The van der Waals surface area contributed by atoms with E-state index in [0.29, 0.717) is 16.1 Å². The lowest BCUT2D eigenvalue weighted by atomic mass is 10.0. The molecule has 1 aliphatic heterocycles. The van der Waals surface area contributed by atoms with E-state index in [1.165, 1.54) is 0 Å². The minimum Gasteiger partial charge on any atom is -0.322 e. The molecule has 0 aliphatic carbocycles. The average molecular weight is 305 g/mol. The lowest BCUT2D eigenvalue weighted by Gasteiger charge is -2.26. The van der Waals surface area contributed by atoms with Gasteiger partial charge in [-0.3, -0.25) is 4.79 Å². The summed E-state index contributed by atoms with van der Waals surface area (Å²) in [5, 5.41) is 6.08. The van der Waals surface area contributed by atoms with Gasteiger partial charge in [0.1, 0.15) is 0 Å². The maximum absolute atomic E-state index is 14.6. The number of carbonyl (C=O) groups is 1. The van der Waals surface area contributed by atoms with Crippen molar-refractivity contribution in [2.24, 2.45) is 0 Å². The van der Waals surface area contributed by atoms with Gasteiger partial charge >= 0.3 is 0 Å². The number of hydrogen-bond donors (Lipinski definition) is 2. The standard InChI is InChI=1S/C16H14ClFN2O/c17-12-6-2-1-4-10(12)11-5-3-7-13(15(11)18)20-16(21)14-8-9-19-14/h1-7,14,19H,8-9H2,(H,20,21)/t14-/m0/s1. The number of rotatable bonds is 3. The number of amides is 1. The van der Waals surface area contributed by atoms with Crippen LogP contribution in [0.15, 0.2) is 42.5 Å². The highest BCUT2D eigenvalue weighted by atomic mass is 35.5. The minimum atomic E-state index is -0.474. The molecule has 2 aromatic carbocycles. The van der Waals surface area contributed by atoms with E-state index in [1.54, 1.807) is 42.5 Å². The number of nitrogens with one attached hydrogen (secondary N) is 2. The molecule has 1 amide bonds. The van der Waals surface area contributed by atoms with E-state index >= 15 is 0 Å². The van der Waals surface area contributed by atoms with Gasteiger partial charge in [0, 0.05) is 16.1 Å². The zero-order chi connectivity index (χ0) is 14.8. The summed E-state index contributed by atoms with van der Waals surface area (Å²) < 4.78 is 14.6. The fourth-order valence-corrected chi connectivity index (χ4v) is 2.49. The zero-order valence-electron chi connectivity index (χ0n) is 11.2. The van der Waals surface area contributed by atoms with Crippen LogP contribution in [0.25, 0.3) is 11.1 Å². The van der Waals surface area contributed by atoms with Crippen molar-refractivity contribution in [2.75, 3.05) is 11.9 Å². The number of anilines is 1. The number of carbonyl (C=O) groups excluding carboxylic acids is 1. The third kappa shape index (κ3) is 2.77. The molecule has 1 heterocycles. The molecular formula is C16H14ClFN2O. The molecule has 2 aromatic rings. The summed E-state index contributed by atoms with van der Waals surface area (Å²) in [7, 11) is 0. The van der Waals surface area contributed by atoms with Gasteiger partial charge < -0.3 is 10.6 Å². The van der Waals surface area contributed by atoms with Gasteiger partial charge in [0.2, 0.25) is 5.91 Å². The predicted molar refractivity (Wildman–Crippen MR) is 81.9 cm³/mol. The first kappa shape index (κ1) is 14.0. The Morgan fingerprint density at radius 1 is 1.19 bits per heavy atom. The molecule has 21 heavy (non-hydrogen) atoms. The molecule has 1 saturated heterocycles. The minimum absolute atomic E-state index is 0.172. The van der Waals surface area contributed by atoms with Crippen LogP contribution in [0.3, 0.4) is 0 Å². The molecule has 1 atom stereocenters. The van der Waals surface area contributed by atoms with E-state index in [0.717, 1.165) is 13.0 Å². The van der Waals surface area contributed by atoms with Crippen molar-refractivity contribution < 1.29 is 9.18 Å². The number of hydrogen-bond acceptors (Lipinski definition) is 2. The molecule has 3 rings (SSSR count). The van der Waals surface area contributed by atoms with Crippen molar-refractivity contribution >= 4 is 23.2 Å². The molecule has 1 fully saturated rings. The lowest BCUT2D eigenvalue weighted by molar-refractivity contribution is -0.119. The van der Waals surface area contributed by atoms with Crippen LogP contribution in [-0.2, 0) is 4.79 Å². The molecular weight excluding hydrogens is 291 g/mol. The molecule has 1 aliphatic rings. The van der Waals surface area contributed by atoms with Gasteiger partial charge in [-0.15, -0.1) is 0 Å². The van der Waals surface area contributed by atoms with Gasteiger partial charge in [-0.25, -0.2) is 4.39 Å². The summed E-state index contributed by atoms with van der Waals surface area (Å²) in [6.07, 6.45) is 0.775. The molecule has 0 spiro atoms. The van der Waals surface area contributed by atoms with Crippen LogP contribution in [0.5, 0.6) is 0 Å². The van der Waals surface area contributed by atoms with Crippen LogP contribution in [0.1, 0.15) is 6.42 Å². The summed E-state index contributed by atoms with van der Waals surface area (Å²) in [6.45, 7) is 0.820. The van der Waals surface area contributed by atoms with Crippen LogP contribution in [0.2, 0.25) is 5.02 Å². The highest BCUT2D eigenvalue weighted by molar-refractivity contribution is 6.33. The highest BCUT2D eigenvalue weighted by Gasteiger charge is 2.25. The SMILES string of the molecule is O=C(Nc1cccc(-c2ccccc2Cl)c1F)[C@@H]1CCN1. The monoisotopic (exact) mass is 304 g/mol. The van der Waals surface area contributed by atoms with Gasteiger partial charge in [-0.2, -0.15) is 0 Å². The zero-order valence-corrected chi connectivity index (χ0v) is 12.0. The van der Waals surface area contributed by atoms with Gasteiger partial charge in [0.25, 0.3) is 0 Å². The van der Waals surface area contributed by atoms with Crippen molar-refractivity contribution in [1.29, 1.82) is 0 Å². The normalized spacial score (nSPS) is 17.1. The molecule has 0 radical (unpaired) electrons. The van der Waals surface area contributed by atoms with E-state index < -0.39 is 5.82 Å². The Balaban J connectivity index is 1.92. The average Bonchev–Trinajstić information content (AvgIpc) is 2.40.